The molecule has 0 aliphatic carbocycles. The minimum Gasteiger partial charge on any atom is -0.548 e. The maximum absolute atomic E-state index is 12.0. The van der Waals surface area contributed by atoms with Crippen LogP contribution in [-0.2, 0) is 4.79 Å². The van der Waals surface area contributed by atoms with Crippen LogP contribution in [0, 0.1) is 0 Å². The predicted octanol–water partition coefficient (Wildman–Crippen LogP) is 12.1. The smallest absolute Gasteiger partial charge is 0.548 e. The Kier molecular flexibility index (Phi) is 48.1. The third-order valence-electron chi connectivity index (χ3n) is 11.4. The third kappa shape index (κ3) is 41.0. The van der Waals surface area contributed by atoms with Crippen LogP contribution in [0.3, 0.4) is 0 Å². The number of unbranched alkanes of at least 4 members (excludes halogenated alkanes) is 36. The largest absolute Gasteiger partial charge is 1.00 e. The van der Waals surface area contributed by atoms with Gasteiger partial charge in [-0.2, -0.15) is 0 Å². The topological polar surface area (TPSA) is 43.4 Å². The molecule has 0 aromatic carbocycles. The molecule has 4 heteroatoms. The molecule has 1 unspecified atom stereocenters. The molecule has 0 amide bonds. The van der Waals surface area contributed by atoms with Crippen LogP contribution in [0.5, 0.6) is 0 Å². The molecule has 51 heavy (non-hydrogen) atoms. The summed E-state index contributed by atoms with van der Waals surface area (Å²) in [6.45, 7) is 8.55. The fraction of sp³-hybridized carbons (Fsp3) is 0.979. The van der Waals surface area contributed by atoms with Gasteiger partial charge in [0.15, 0.2) is 0 Å². The third-order valence-corrected chi connectivity index (χ3v) is 11.4. The Morgan fingerprint density at radius 3 is 0.725 bits per heavy atom. The van der Waals surface area contributed by atoms with Crippen molar-refractivity contribution in [1.82, 2.24) is 4.90 Å². The molecule has 0 N–H and O–H groups in total. The summed E-state index contributed by atoms with van der Waals surface area (Å²) in [5.74, 6) is -0.859. The zero-order valence-electron chi connectivity index (χ0n) is 36.0. The van der Waals surface area contributed by atoms with Crippen LogP contribution in [0.25, 0.3) is 0 Å². The summed E-state index contributed by atoms with van der Waals surface area (Å²) in [7, 11) is 0. The van der Waals surface area contributed by atoms with E-state index in [2.05, 4.69) is 25.7 Å². The van der Waals surface area contributed by atoms with Crippen molar-refractivity contribution < 1.29 is 28.8 Å². The van der Waals surface area contributed by atoms with Crippen molar-refractivity contribution in [1.29, 1.82) is 0 Å². The molecule has 0 saturated heterocycles. The predicted molar refractivity (Wildman–Crippen MR) is 222 cm³/mol. The molecule has 1 atom stereocenters. The van der Waals surface area contributed by atoms with Gasteiger partial charge in [-0.1, -0.05) is 258 Å². The van der Waals surface area contributed by atoms with Gasteiger partial charge in [-0.3, -0.25) is 4.90 Å². The average Bonchev–Trinajstić information content (AvgIpc) is 3.11. The molecule has 0 aliphatic rings. The van der Waals surface area contributed by atoms with Gasteiger partial charge < -0.3 is 9.90 Å². The van der Waals surface area contributed by atoms with Crippen molar-refractivity contribution in [3.8, 4) is 0 Å². The number of carboxylic acids is 1. The molecule has 0 bridgehead atoms. The van der Waals surface area contributed by atoms with Gasteiger partial charge in [0.05, 0.1) is 5.97 Å². The van der Waals surface area contributed by atoms with E-state index < -0.39 is 12.0 Å². The monoisotopic (exact) mass is 712 g/mol. The van der Waals surface area contributed by atoms with E-state index >= 15 is 0 Å². The summed E-state index contributed by atoms with van der Waals surface area (Å²) in [5, 5.41) is 12.0. The quantitative estimate of drug-likeness (QED) is 0.0467. The van der Waals surface area contributed by atoms with Gasteiger partial charge in [0.25, 0.3) is 0 Å². The maximum atomic E-state index is 12.0. The minimum absolute atomic E-state index is 0. The van der Waals surface area contributed by atoms with Gasteiger partial charge in [0, 0.05) is 6.04 Å². The molecule has 0 rings (SSSR count). The van der Waals surface area contributed by atoms with Crippen molar-refractivity contribution in [2.24, 2.45) is 0 Å². The average molecular weight is 712 g/mol. The Hall–Kier alpha value is 0.0274. The second-order valence-corrected chi connectivity index (χ2v) is 16.4. The van der Waals surface area contributed by atoms with E-state index in [-0.39, 0.29) is 18.9 Å². The van der Waals surface area contributed by atoms with Crippen molar-refractivity contribution >= 4 is 5.97 Å². The number of carbonyl (C=O) groups is 1. The van der Waals surface area contributed by atoms with Crippen LogP contribution >= 0.6 is 0 Å². The summed E-state index contributed by atoms with van der Waals surface area (Å²) < 4.78 is 0. The van der Waals surface area contributed by atoms with Gasteiger partial charge in [0.1, 0.15) is 0 Å². The van der Waals surface area contributed by atoms with E-state index in [4.69, 9.17) is 0 Å². The summed E-state index contributed by atoms with van der Waals surface area (Å²) >= 11 is 0. The first kappa shape index (κ1) is 53.1. The van der Waals surface area contributed by atoms with E-state index in [1.165, 1.54) is 231 Å². The van der Waals surface area contributed by atoms with Gasteiger partial charge >= 0.3 is 18.9 Å². The molecule has 0 heterocycles. The van der Waals surface area contributed by atoms with Crippen LogP contribution in [0.4, 0.5) is 0 Å². The summed E-state index contributed by atoms with van der Waals surface area (Å²) in [6.07, 6.45) is 54.5. The zero-order chi connectivity index (χ0) is 36.4. The van der Waals surface area contributed by atoms with Crippen molar-refractivity contribution in [2.45, 2.75) is 284 Å². The Bertz CT molecular complexity index is 602. The molecular formula is C47H94LiNO2. The normalized spacial score (nSPS) is 12.1. The van der Waals surface area contributed by atoms with Crippen LogP contribution in [0.1, 0.15) is 278 Å². The van der Waals surface area contributed by atoms with Gasteiger partial charge in [-0.05, 0) is 32.4 Å². The number of aliphatic carboxylic acids is 1. The van der Waals surface area contributed by atoms with Crippen LogP contribution in [-0.4, -0.2) is 30.0 Å². The van der Waals surface area contributed by atoms with Crippen LogP contribution in [0.15, 0.2) is 0 Å². The van der Waals surface area contributed by atoms with Crippen molar-refractivity contribution in [3.63, 3.8) is 0 Å². The van der Waals surface area contributed by atoms with Gasteiger partial charge in [-0.25, -0.2) is 0 Å². The first-order chi connectivity index (χ1) is 24.7. The van der Waals surface area contributed by atoms with Gasteiger partial charge in [0.2, 0.25) is 0 Å². The molecule has 0 saturated carbocycles. The Labute approximate surface area is 335 Å². The second-order valence-electron chi connectivity index (χ2n) is 16.4. The Morgan fingerprint density at radius 1 is 0.353 bits per heavy atom. The number of carbonyl (C=O) groups excluding carboxylic acids is 1. The maximum Gasteiger partial charge on any atom is 1.00 e. The SMILES string of the molecule is CCCCCCCCCCCCCCCCCCCCCN(CCCCCCCCCCCCCCCCCCCCC)C(CCC)C(=O)[O-].[Li+]. The van der Waals surface area contributed by atoms with Gasteiger partial charge in [-0.15, -0.1) is 0 Å². The fourth-order valence-electron chi connectivity index (χ4n) is 7.93. The van der Waals surface area contributed by atoms with E-state index in [0.717, 1.165) is 38.8 Å². The number of hydrogen-bond acceptors (Lipinski definition) is 3. The summed E-state index contributed by atoms with van der Waals surface area (Å²) in [5.41, 5.74) is 0. The number of hydrogen-bond donors (Lipinski definition) is 0. The Morgan fingerprint density at radius 2 is 0.549 bits per heavy atom. The molecule has 0 spiro atoms. The summed E-state index contributed by atoms with van der Waals surface area (Å²) in [4.78, 5) is 14.2. The second kappa shape index (κ2) is 46.2. The molecule has 0 aliphatic heterocycles. The van der Waals surface area contributed by atoms with Crippen LogP contribution < -0.4 is 24.0 Å². The molecular weight excluding hydrogens is 617 g/mol. The number of carboxylic acid groups (broad SMARTS) is 1. The molecule has 0 radical (unpaired) electrons. The van der Waals surface area contributed by atoms with Crippen molar-refractivity contribution in [2.75, 3.05) is 13.1 Å². The molecule has 3 nitrogen and oxygen atoms in total. The van der Waals surface area contributed by atoms with E-state index in [9.17, 15) is 9.90 Å². The summed E-state index contributed by atoms with van der Waals surface area (Å²) in [6, 6.07) is -0.397. The molecule has 0 fully saturated rings. The molecule has 0 aromatic heterocycles. The zero-order valence-corrected chi connectivity index (χ0v) is 36.0. The van der Waals surface area contributed by atoms with E-state index in [0.29, 0.717) is 0 Å². The van der Waals surface area contributed by atoms with Crippen LogP contribution in [0.2, 0.25) is 0 Å². The first-order valence-corrected chi connectivity index (χ1v) is 23.6. The first-order valence-electron chi connectivity index (χ1n) is 23.6. The fourth-order valence-corrected chi connectivity index (χ4v) is 7.93. The molecule has 0 aromatic rings. The van der Waals surface area contributed by atoms with Crippen molar-refractivity contribution in [3.05, 3.63) is 0 Å². The Balaban J connectivity index is 0. The standard InChI is InChI=1S/C47H95NO2.Li/c1-4-7-9-11-13-15-17-19-21-23-25-27-29-31-33-35-37-39-41-44-48(46(43-6-3)47(49)50)45-42-40-38-36-34-32-30-28-26-24-22-20-18-16-14-12-10-8-5-2;/h46H,4-45H2,1-3H3,(H,49,50);/q;+1/p-1. The number of nitrogens with zero attached hydrogens (tertiary/aromatic N) is 1. The van der Waals surface area contributed by atoms with E-state index in [1.54, 1.807) is 0 Å². The minimum atomic E-state index is -0.859. The van der Waals surface area contributed by atoms with E-state index in [1.807, 2.05) is 0 Å². The molecule has 300 valence electrons. The number of rotatable bonds is 44.